The number of alkyl halides is 3. The van der Waals surface area contributed by atoms with E-state index in [1.54, 1.807) is 0 Å². The van der Waals surface area contributed by atoms with Crippen molar-refractivity contribution >= 4 is 0 Å². The molecule has 0 aromatic carbocycles. The third-order valence-corrected chi connectivity index (χ3v) is 5.29. The van der Waals surface area contributed by atoms with Gasteiger partial charge in [-0.3, -0.25) is 13.9 Å². The molecule has 0 bridgehead atoms. The number of aromatic nitrogens is 2. The molecule has 0 spiro atoms. The highest BCUT2D eigenvalue weighted by Gasteiger charge is 2.37. The lowest BCUT2D eigenvalue weighted by molar-refractivity contribution is -0.144. The van der Waals surface area contributed by atoms with Gasteiger partial charge < -0.3 is 0 Å². The van der Waals surface area contributed by atoms with Crippen LogP contribution in [0, 0.1) is 0 Å². The summed E-state index contributed by atoms with van der Waals surface area (Å²) in [6, 6.07) is 0.552. The Kier molecular flexibility index (Phi) is 8.82. The van der Waals surface area contributed by atoms with Crippen LogP contribution in [0.5, 0.6) is 0 Å². The van der Waals surface area contributed by atoms with Gasteiger partial charge in [-0.25, -0.2) is 4.79 Å². The van der Waals surface area contributed by atoms with Crippen LogP contribution in [0.3, 0.4) is 0 Å². The molecule has 7 heteroatoms. The van der Waals surface area contributed by atoms with Crippen molar-refractivity contribution in [1.82, 2.24) is 9.13 Å². The predicted octanol–water partition coefficient (Wildman–Crippen LogP) is 5.22. The molecule has 0 amide bonds. The van der Waals surface area contributed by atoms with Crippen LogP contribution in [-0.4, -0.2) is 9.13 Å². The minimum absolute atomic E-state index is 0.552. The molecule has 156 valence electrons. The fourth-order valence-corrected chi connectivity index (χ4v) is 3.61. The normalized spacial score (nSPS) is 14.3. The Bertz CT molecular complexity index is 707. The molecule has 0 saturated heterocycles. The van der Waals surface area contributed by atoms with Crippen LogP contribution in [0.15, 0.2) is 15.7 Å². The summed E-state index contributed by atoms with van der Waals surface area (Å²) in [6.07, 6.45) is 4.45. The van der Waals surface area contributed by atoms with Crippen molar-refractivity contribution in [2.24, 2.45) is 7.05 Å². The van der Waals surface area contributed by atoms with E-state index in [1.807, 2.05) is 6.92 Å². The van der Waals surface area contributed by atoms with E-state index in [0.29, 0.717) is 23.5 Å². The molecule has 1 heterocycles. The Morgan fingerprint density at radius 3 is 1.89 bits per heavy atom. The fourth-order valence-electron chi connectivity index (χ4n) is 3.61. The first-order valence-electron chi connectivity index (χ1n) is 9.99. The second kappa shape index (κ2) is 10.1. The Balaban J connectivity index is 3.26. The highest BCUT2D eigenvalue weighted by molar-refractivity contribution is 5.08. The van der Waals surface area contributed by atoms with E-state index < -0.39 is 28.7 Å². The summed E-state index contributed by atoms with van der Waals surface area (Å²) in [6.45, 7) is 6.02. The summed E-state index contributed by atoms with van der Waals surface area (Å²) in [7, 11) is 1.08. The van der Waals surface area contributed by atoms with E-state index in [2.05, 4.69) is 13.8 Å². The van der Waals surface area contributed by atoms with Crippen LogP contribution in [0.1, 0.15) is 90.7 Å². The van der Waals surface area contributed by atoms with Crippen LogP contribution >= 0.6 is 0 Å². The molecule has 1 aromatic heterocycles. The van der Waals surface area contributed by atoms with Gasteiger partial charge in [0.05, 0.1) is 0 Å². The first-order valence-corrected chi connectivity index (χ1v) is 9.99. The molecular formula is C20H33F3N2O2. The van der Waals surface area contributed by atoms with Crippen molar-refractivity contribution in [3.05, 3.63) is 32.6 Å². The van der Waals surface area contributed by atoms with Crippen molar-refractivity contribution in [1.29, 1.82) is 0 Å². The smallest absolute Gasteiger partial charge is 0.292 e. The average Bonchev–Trinajstić information content (AvgIpc) is 2.57. The van der Waals surface area contributed by atoms with E-state index in [1.165, 1.54) is 0 Å². The molecule has 1 aromatic rings. The van der Waals surface area contributed by atoms with Gasteiger partial charge in [-0.15, -0.1) is 0 Å². The molecular weight excluding hydrogens is 357 g/mol. The number of unbranched alkanes of at least 4 members (excludes halogenated alkanes) is 6. The summed E-state index contributed by atoms with van der Waals surface area (Å²) in [5.74, 6) is 0. The summed E-state index contributed by atoms with van der Waals surface area (Å²) >= 11 is 0. The molecule has 0 aliphatic heterocycles. The monoisotopic (exact) mass is 390 g/mol. The third kappa shape index (κ3) is 6.25. The quantitative estimate of drug-likeness (QED) is 0.486. The van der Waals surface area contributed by atoms with Crippen molar-refractivity contribution in [2.75, 3.05) is 0 Å². The van der Waals surface area contributed by atoms with Crippen molar-refractivity contribution < 1.29 is 13.2 Å². The zero-order valence-electron chi connectivity index (χ0n) is 17.0. The molecule has 1 atom stereocenters. The fraction of sp³-hybridized carbons (Fsp3) is 0.800. The predicted molar refractivity (Wildman–Crippen MR) is 102 cm³/mol. The maximum Gasteiger partial charge on any atom is 0.431 e. The van der Waals surface area contributed by atoms with Gasteiger partial charge in [0.2, 0.25) is 0 Å². The summed E-state index contributed by atoms with van der Waals surface area (Å²) < 4.78 is 40.9. The van der Waals surface area contributed by atoms with Gasteiger partial charge in [0.1, 0.15) is 5.69 Å². The topological polar surface area (TPSA) is 44.0 Å². The molecule has 0 saturated carbocycles. The lowest BCUT2D eigenvalue weighted by Crippen LogP contribution is -2.51. The van der Waals surface area contributed by atoms with E-state index in [4.69, 9.17) is 0 Å². The Morgan fingerprint density at radius 1 is 0.889 bits per heavy atom. The lowest BCUT2D eigenvalue weighted by atomic mass is 9.87. The van der Waals surface area contributed by atoms with E-state index in [-0.39, 0.29) is 0 Å². The van der Waals surface area contributed by atoms with E-state index >= 15 is 0 Å². The summed E-state index contributed by atoms with van der Waals surface area (Å²) in [4.78, 5) is 25.2. The number of rotatable bonds is 11. The van der Waals surface area contributed by atoms with Gasteiger partial charge in [-0.1, -0.05) is 65.2 Å². The second-order valence-electron chi connectivity index (χ2n) is 7.66. The average molecular weight is 390 g/mol. The minimum atomic E-state index is -4.73. The molecule has 1 unspecified atom stereocenters. The maximum absolute atomic E-state index is 13.1. The van der Waals surface area contributed by atoms with E-state index in [0.717, 1.165) is 63.0 Å². The third-order valence-electron chi connectivity index (χ3n) is 5.29. The highest BCUT2D eigenvalue weighted by atomic mass is 19.4. The number of nitrogens with zero attached hydrogens (tertiary/aromatic N) is 2. The van der Waals surface area contributed by atoms with Gasteiger partial charge in [0, 0.05) is 18.7 Å². The van der Waals surface area contributed by atoms with Gasteiger partial charge in [-0.2, -0.15) is 13.2 Å². The van der Waals surface area contributed by atoms with E-state index in [9.17, 15) is 22.8 Å². The number of hydrogen-bond donors (Lipinski definition) is 0. The van der Waals surface area contributed by atoms with Crippen LogP contribution in [0.2, 0.25) is 0 Å². The summed E-state index contributed by atoms with van der Waals surface area (Å²) in [5, 5.41) is 0. The van der Waals surface area contributed by atoms with Gasteiger partial charge in [-0.05, 0) is 19.8 Å². The highest BCUT2D eigenvalue weighted by Crippen LogP contribution is 2.30. The standard InChI is InChI=1S/C20H33F3N2O2/c1-5-7-9-10-12-14-19(3,13-11-8-6-2)25-17(26)15-16(20(21,22)23)24(4)18(25)27/h15H,5-14H2,1-4H3. The molecule has 4 nitrogen and oxygen atoms in total. The van der Waals surface area contributed by atoms with Crippen LogP contribution in [-0.2, 0) is 18.8 Å². The lowest BCUT2D eigenvalue weighted by Gasteiger charge is -2.32. The maximum atomic E-state index is 13.1. The van der Waals surface area contributed by atoms with Gasteiger partial charge in [0.25, 0.3) is 5.56 Å². The molecule has 0 N–H and O–H groups in total. The van der Waals surface area contributed by atoms with Crippen LogP contribution in [0.25, 0.3) is 0 Å². The van der Waals surface area contributed by atoms with Gasteiger partial charge in [0.15, 0.2) is 0 Å². The zero-order valence-corrected chi connectivity index (χ0v) is 17.0. The molecule has 0 fully saturated rings. The Labute approximate surface area is 159 Å². The zero-order chi connectivity index (χ0) is 20.7. The first-order chi connectivity index (χ1) is 12.6. The van der Waals surface area contributed by atoms with Crippen molar-refractivity contribution in [3.8, 4) is 0 Å². The molecule has 1 rings (SSSR count). The van der Waals surface area contributed by atoms with Crippen molar-refractivity contribution in [2.45, 2.75) is 96.7 Å². The van der Waals surface area contributed by atoms with Crippen molar-refractivity contribution in [3.63, 3.8) is 0 Å². The largest absolute Gasteiger partial charge is 0.431 e. The molecule has 27 heavy (non-hydrogen) atoms. The molecule has 0 aliphatic carbocycles. The van der Waals surface area contributed by atoms with Crippen LogP contribution in [0.4, 0.5) is 13.2 Å². The minimum Gasteiger partial charge on any atom is -0.292 e. The Morgan fingerprint density at radius 2 is 1.37 bits per heavy atom. The number of hydrogen-bond acceptors (Lipinski definition) is 2. The SMILES string of the molecule is CCCCCCCC(C)(CCCCC)n1c(=O)cc(C(F)(F)F)n(C)c1=O. The number of halogens is 3. The molecule has 0 radical (unpaired) electrons. The van der Waals surface area contributed by atoms with Gasteiger partial charge >= 0.3 is 11.9 Å². The second-order valence-corrected chi connectivity index (χ2v) is 7.66. The first kappa shape index (κ1) is 23.5. The Hall–Kier alpha value is -1.53. The summed E-state index contributed by atoms with van der Waals surface area (Å²) in [5.41, 5.74) is -3.72. The molecule has 0 aliphatic rings. The van der Waals surface area contributed by atoms with Crippen LogP contribution < -0.4 is 11.2 Å².